The van der Waals surface area contributed by atoms with Crippen molar-refractivity contribution < 1.29 is 13.2 Å². The summed E-state index contributed by atoms with van der Waals surface area (Å²) in [5, 5.41) is 1.38. The molecule has 0 saturated heterocycles. The summed E-state index contributed by atoms with van der Waals surface area (Å²) in [7, 11) is -3.78. The van der Waals surface area contributed by atoms with Crippen LogP contribution in [0, 0.1) is 0 Å². The second-order valence-electron chi connectivity index (χ2n) is 3.89. The second kappa shape index (κ2) is 5.81. The summed E-state index contributed by atoms with van der Waals surface area (Å²) in [6.07, 6.45) is 3.33. The fraction of sp³-hybridized carbons (Fsp3) is 0.455. The summed E-state index contributed by atoms with van der Waals surface area (Å²) in [5.74, 6) is -0.520. The highest BCUT2D eigenvalue weighted by Gasteiger charge is 2.30. The highest BCUT2D eigenvalue weighted by molar-refractivity contribution is 7.93. The molecule has 1 atom stereocenters. The Labute approximate surface area is 107 Å². The normalized spacial score (nSPS) is 13.0. The van der Waals surface area contributed by atoms with Crippen molar-refractivity contribution in [1.82, 2.24) is 10.3 Å². The first-order chi connectivity index (χ1) is 8.41. The molecule has 1 aromatic rings. The number of sulfone groups is 1. The molecule has 1 unspecified atom stereocenters. The molecule has 0 aliphatic carbocycles. The highest BCUT2D eigenvalue weighted by atomic mass is 32.2. The maximum absolute atomic E-state index is 12.2. The minimum Gasteiger partial charge on any atom is -0.396 e. The number of aromatic nitrogens is 1. The topological polar surface area (TPSA) is 102 Å². The van der Waals surface area contributed by atoms with Crippen molar-refractivity contribution in [3.05, 3.63) is 18.5 Å². The van der Waals surface area contributed by atoms with E-state index in [9.17, 15) is 13.2 Å². The summed E-state index contributed by atoms with van der Waals surface area (Å²) in [4.78, 5) is 15.4. The zero-order valence-electron chi connectivity index (χ0n) is 10.4. The van der Waals surface area contributed by atoms with Crippen molar-refractivity contribution in [2.45, 2.75) is 30.4 Å². The Kier molecular flexibility index (Phi) is 4.66. The highest BCUT2D eigenvalue weighted by Crippen LogP contribution is 2.21. The van der Waals surface area contributed by atoms with E-state index in [1.807, 2.05) is 6.92 Å². The lowest BCUT2D eigenvalue weighted by molar-refractivity contribution is -0.120. The molecule has 6 nitrogen and oxygen atoms in total. The predicted octanol–water partition coefficient (Wildman–Crippen LogP) is 0.352. The van der Waals surface area contributed by atoms with Gasteiger partial charge in [0.2, 0.25) is 5.91 Å². The maximum Gasteiger partial charge on any atom is 0.238 e. The third-order valence-electron chi connectivity index (χ3n) is 2.50. The number of carbonyl (C=O) groups excluding carboxylic acids is 1. The Balaban J connectivity index is 3.01. The van der Waals surface area contributed by atoms with Gasteiger partial charge in [0.05, 0.1) is 16.8 Å². The number of amides is 1. The van der Waals surface area contributed by atoms with Gasteiger partial charge in [-0.2, -0.15) is 0 Å². The molecule has 0 aliphatic heterocycles. The fourth-order valence-electron chi connectivity index (χ4n) is 1.38. The quantitative estimate of drug-likeness (QED) is 0.804. The zero-order valence-corrected chi connectivity index (χ0v) is 11.2. The number of hydrogen-bond acceptors (Lipinski definition) is 5. The lowest BCUT2D eigenvalue weighted by atomic mass is 10.4. The number of hydrogen-bond donors (Lipinski definition) is 2. The number of nitrogens with zero attached hydrogens (tertiary/aromatic N) is 1. The van der Waals surface area contributed by atoms with Crippen molar-refractivity contribution in [3.63, 3.8) is 0 Å². The number of rotatable bonds is 5. The van der Waals surface area contributed by atoms with E-state index in [1.54, 1.807) is 0 Å². The van der Waals surface area contributed by atoms with E-state index in [2.05, 4.69) is 10.3 Å². The van der Waals surface area contributed by atoms with Gasteiger partial charge in [-0.05, 0) is 19.4 Å². The van der Waals surface area contributed by atoms with E-state index in [0.29, 0.717) is 6.54 Å². The molecule has 1 heterocycles. The van der Waals surface area contributed by atoms with Crippen molar-refractivity contribution in [3.8, 4) is 0 Å². The monoisotopic (exact) mass is 271 g/mol. The molecule has 0 aromatic carbocycles. The zero-order chi connectivity index (χ0) is 13.8. The second-order valence-corrected chi connectivity index (χ2v) is 6.13. The fourth-order valence-corrected chi connectivity index (χ4v) is 2.75. The van der Waals surface area contributed by atoms with E-state index in [-0.39, 0.29) is 10.6 Å². The SMILES string of the molecule is CCCNC(=O)C(C)S(=O)(=O)c1ccncc1N. The molecule has 0 radical (unpaired) electrons. The number of anilines is 1. The van der Waals surface area contributed by atoms with E-state index in [1.165, 1.54) is 25.4 Å². The summed E-state index contributed by atoms with van der Waals surface area (Å²) < 4.78 is 24.4. The smallest absolute Gasteiger partial charge is 0.238 e. The molecule has 100 valence electrons. The minimum absolute atomic E-state index is 0.0487. The lowest BCUT2D eigenvalue weighted by Gasteiger charge is -2.14. The number of nitrogen functional groups attached to an aromatic ring is 1. The van der Waals surface area contributed by atoms with Crippen molar-refractivity contribution >= 4 is 21.4 Å². The third-order valence-corrected chi connectivity index (χ3v) is 4.63. The number of pyridine rings is 1. The van der Waals surface area contributed by atoms with E-state index >= 15 is 0 Å². The van der Waals surface area contributed by atoms with Gasteiger partial charge in [0.25, 0.3) is 0 Å². The molecule has 3 N–H and O–H groups in total. The average molecular weight is 271 g/mol. The number of nitrogens with two attached hydrogens (primary N) is 1. The largest absolute Gasteiger partial charge is 0.396 e. The molecule has 1 rings (SSSR count). The van der Waals surface area contributed by atoms with Crippen molar-refractivity contribution in [2.24, 2.45) is 0 Å². The molecule has 0 bridgehead atoms. The van der Waals surface area contributed by atoms with Crippen LogP contribution in [0.1, 0.15) is 20.3 Å². The van der Waals surface area contributed by atoms with Crippen LogP contribution in [0.4, 0.5) is 5.69 Å². The first-order valence-corrected chi connectivity index (χ1v) is 7.17. The van der Waals surface area contributed by atoms with Crippen LogP contribution >= 0.6 is 0 Å². The predicted molar refractivity (Wildman–Crippen MR) is 68.6 cm³/mol. The summed E-state index contributed by atoms with van der Waals surface area (Å²) in [6, 6.07) is 1.30. The molecule has 1 amide bonds. The third kappa shape index (κ3) is 2.98. The Morgan fingerprint density at radius 1 is 1.56 bits per heavy atom. The summed E-state index contributed by atoms with van der Waals surface area (Å²) in [5.41, 5.74) is 5.62. The van der Waals surface area contributed by atoms with Crippen LogP contribution in [0.2, 0.25) is 0 Å². The molecule has 1 aromatic heterocycles. The standard InChI is InChI=1S/C11H17N3O3S/c1-3-5-14-11(15)8(2)18(16,17)10-4-6-13-7-9(10)12/h4,6-8H,3,5,12H2,1-2H3,(H,14,15). The first kappa shape index (κ1) is 14.4. The summed E-state index contributed by atoms with van der Waals surface area (Å²) >= 11 is 0. The van der Waals surface area contributed by atoms with Crippen LogP contribution in [0.3, 0.4) is 0 Å². The van der Waals surface area contributed by atoms with Crippen LogP contribution < -0.4 is 11.1 Å². The Morgan fingerprint density at radius 2 is 2.22 bits per heavy atom. The molecular formula is C11H17N3O3S. The maximum atomic E-state index is 12.2. The van der Waals surface area contributed by atoms with Gasteiger partial charge in [0.1, 0.15) is 5.25 Å². The van der Waals surface area contributed by atoms with Crippen LogP contribution in [0.15, 0.2) is 23.4 Å². The minimum atomic E-state index is -3.78. The molecule has 18 heavy (non-hydrogen) atoms. The van der Waals surface area contributed by atoms with E-state index in [4.69, 9.17) is 5.73 Å². The van der Waals surface area contributed by atoms with Crippen molar-refractivity contribution in [2.75, 3.05) is 12.3 Å². The van der Waals surface area contributed by atoms with Gasteiger partial charge >= 0.3 is 0 Å². The lowest BCUT2D eigenvalue weighted by Crippen LogP contribution is -2.38. The van der Waals surface area contributed by atoms with Crippen molar-refractivity contribution in [1.29, 1.82) is 0 Å². The van der Waals surface area contributed by atoms with Crippen LogP contribution in [-0.4, -0.2) is 31.1 Å². The Hall–Kier alpha value is -1.63. The Bertz CT molecular complexity index is 528. The molecule has 0 saturated carbocycles. The van der Waals surface area contributed by atoms with Gasteiger partial charge in [-0.15, -0.1) is 0 Å². The van der Waals surface area contributed by atoms with Gasteiger partial charge in [0.15, 0.2) is 9.84 Å². The molecule has 0 aliphatic rings. The summed E-state index contributed by atoms with van der Waals surface area (Å²) in [6.45, 7) is 3.69. The van der Waals surface area contributed by atoms with Gasteiger partial charge in [-0.1, -0.05) is 6.92 Å². The molecule has 0 fully saturated rings. The molecular weight excluding hydrogens is 254 g/mol. The first-order valence-electron chi connectivity index (χ1n) is 5.62. The van der Waals surface area contributed by atoms with Gasteiger partial charge in [-0.3, -0.25) is 9.78 Å². The molecule has 7 heteroatoms. The number of nitrogens with one attached hydrogen (secondary N) is 1. The number of carbonyl (C=O) groups is 1. The van der Waals surface area contributed by atoms with E-state index in [0.717, 1.165) is 6.42 Å². The average Bonchev–Trinajstić information content (AvgIpc) is 2.35. The molecule has 0 spiro atoms. The Morgan fingerprint density at radius 3 is 2.78 bits per heavy atom. The van der Waals surface area contributed by atoms with Crippen LogP contribution in [0.5, 0.6) is 0 Å². The van der Waals surface area contributed by atoms with E-state index < -0.39 is 21.0 Å². The van der Waals surface area contributed by atoms with Gasteiger partial charge in [-0.25, -0.2) is 8.42 Å². The van der Waals surface area contributed by atoms with Crippen LogP contribution in [0.25, 0.3) is 0 Å². The van der Waals surface area contributed by atoms with Crippen LogP contribution in [-0.2, 0) is 14.6 Å². The van der Waals surface area contributed by atoms with Gasteiger partial charge in [0, 0.05) is 12.7 Å². The van der Waals surface area contributed by atoms with Gasteiger partial charge < -0.3 is 11.1 Å².